The maximum Gasteiger partial charge on any atom is 0.274 e. The number of H-pyrrole nitrogens is 1. The molecule has 6 heteroatoms. The largest absolute Gasteiger partial charge is 0.274 e. The van der Waals surface area contributed by atoms with Gasteiger partial charge in [0.05, 0.1) is 10.5 Å². The molecule has 0 saturated carbocycles. The number of nitro benzene ring substituents is 1. The quantitative estimate of drug-likeness (QED) is 0.580. The zero-order valence-electron chi connectivity index (χ0n) is 8.77. The number of aromatic amines is 1. The van der Waals surface area contributed by atoms with Gasteiger partial charge in [-0.1, -0.05) is 0 Å². The fourth-order valence-electron chi connectivity index (χ4n) is 1.69. The lowest BCUT2D eigenvalue weighted by Crippen LogP contribution is -2.07. The van der Waals surface area contributed by atoms with Crippen molar-refractivity contribution in [3.63, 3.8) is 0 Å². The van der Waals surface area contributed by atoms with Gasteiger partial charge in [0.25, 0.3) is 11.2 Å². The van der Waals surface area contributed by atoms with Gasteiger partial charge in [-0.15, -0.1) is 0 Å². The smallest absolute Gasteiger partial charge is 0.268 e. The molecule has 0 amide bonds. The van der Waals surface area contributed by atoms with Gasteiger partial charge in [0.15, 0.2) is 0 Å². The second kappa shape index (κ2) is 3.41. The van der Waals surface area contributed by atoms with Crippen LogP contribution in [0.25, 0.3) is 10.9 Å². The average molecular weight is 219 g/mol. The molecule has 2 rings (SSSR count). The molecule has 0 saturated heterocycles. The summed E-state index contributed by atoms with van der Waals surface area (Å²) in [6.45, 7) is 3.33. The van der Waals surface area contributed by atoms with Crippen molar-refractivity contribution < 1.29 is 4.92 Å². The standard InChI is InChI=1S/C10H9N3O3/c1-5-3-8(13(15)16)6(2)10-7(5)4-9(14)11-12-10/h3-4H,1-2H3,(H,11,14). The van der Waals surface area contributed by atoms with E-state index in [4.69, 9.17) is 0 Å². The van der Waals surface area contributed by atoms with E-state index in [2.05, 4.69) is 10.2 Å². The summed E-state index contributed by atoms with van der Waals surface area (Å²) in [5.41, 5.74) is 1.30. The summed E-state index contributed by atoms with van der Waals surface area (Å²) in [5.74, 6) is 0. The number of aromatic nitrogens is 2. The lowest BCUT2D eigenvalue weighted by Gasteiger charge is -2.04. The fourth-order valence-corrected chi connectivity index (χ4v) is 1.69. The van der Waals surface area contributed by atoms with E-state index in [1.807, 2.05) is 0 Å². The predicted molar refractivity (Wildman–Crippen MR) is 58.5 cm³/mol. The second-order valence-electron chi connectivity index (χ2n) is 3.59. The third kappa shape index (κ3) is 1.44. The fraction of sp³-hybridized carbons (Fsp3) is 0.200. The summed E-state index contributed by atoms with van der Waals surface area (Å²) < 4.78 is 0. The van der Waals surface area contributed by atoms with E-state index in [1.54, 1.807) is 13.8 Å². The molecule has 1 heterocycles. The van der Waals surface area contributed by atoms with E-state index in [1.165, 1.54) is 12.1 Å². The number of aryl methyl sites for hydroxylation is 2. The average Bonchev–Trinajstić information content (AvgIpc) is 2.22. The highest BCUT2D eigenvalue weighted by Gasteiger charge is 2.16. The summed E-state index contributed by atoms with van der Waals surface area (Å²) in [5, 5.41) is 17.6. The van der Waals surface area contributed by atoms with Crippen LogP contribution in [0.5, 0.6) is 0 Å². The molecule has 0 unspecified atom stereocenters. The number of nitrogens with zero attached hydrogens (tertiary/aromatic N) is 2. The van der Waals surface area contributed by atoms with Gasteiger partial charge in [0, 0.05) is 17.5 Å². The topological polar surface area (TPSA) is 88.9 Å². The Morgan fingerprint density at radius 3 is 2.69 bits per heavy atom. The number of fused-ring (bicyclic) bond motifs is 1. The summed E-state index contributed by atoms with van der Waals surface area (Å²) >= 11 is 0. The van der Waals surface area contributed by atoms with Crippen LogP contribution < -0.4 is 5.56 Å². The molecule has 0 atom stereocenters. The lowest BCUT2D eigenvalue weighted by molar-refractivity contribution is -0.385. The number of rotatable bonds is 1. The summed E-state index contributed by atoms with van der Waals surface area (Å²) in [6.07, 6.45) is 0. The first-order chi connectivity index (χ1) is 7.50. The predicted octanol–water partition coefficient (Wildman–Crippen LogP) is 1.45. The molecular formula is C10H9N3O3. The van der Waals surface area contributed by atoms with Gasteiger partial charge in [-0.25, -0.2) is 5.10 Å². The Hall–Kier alpha value is -2.24. The number of nitrogens with one attached hydrogen (secondary N) is 1. The minimum absolute atomic E-state index is 0.0181. The minimum atomic E-state index is -0.450. The molecule has 1 aromatic heterocycles. The number of nitro groups is 1. The Morgan fingerprint density at radius 2 is 2.06 bits per heavy atom. The summed E-state index contributed by atoms with van der Waals surface area (Å²) in [7, 11) is 0. The molecule has 0 radical (unpaired) electrons. The van der Waals surface area contributed by atoms with E-state index in [-0.39, 0.29) is 11.2 Å². The van der Waals surface area contributed by atoms with Gasteiger partial charge in [-0.2, -0.15) is 5.10 Å². The maximum absolute atomic E-state index is 11.1. The van der Waals surface area contributed by atoms with Crippen molar-refractivity contribution in [3.8, 4) is 0 Å². The van der Waals surface area contributed by atoms with Crippen LogP contribution in [-0.4, -0.2) is 15.1 Å². The molecule has 1 aromatic carbocycles. The summed E-state index contributed by atoms with van der Waals surface area (Å²) in [4.78, 5) is 21.5. The van der Waals surface area contributed by atoms with Gasteiger partial charge in [0.2, 0.25) is 0 Å². The van der Waals surface area contributed by atoms with E-state index < -0.39 is 4.92 Å². The molecule has 0 bridgehead atoms. The summed E-state index contributed by atoms with van der Waals surface area (Å²) in [6, 6.07) is 2.85. The van der Waals surface area contributed by atoms with Crippen LogP contribution in [0.2, 0.25) is 0 Å². The van der Waals surface area contributed by atoms with Crippen LogP contribution in [0.3, 0.4) is 0 Å². The Kier molecular flexibility index (Phi) is 2.19. The van der Waals surface area contributed by atoms with Crippen molar-refractivity contribution >= 4 is 16.6 Å². The van der Waals surface area contributed by atoms with Crippen LogP contribution in [0.1, 0.15) is 11.1 Å². The Bertz CT molecular complexity index is 646. The number of benzene rings is 1. The van der Waals surface area contributed by atoms with Gasteiger partial charge in [-0.3, -0.25) is 14.9 Å². The van der Waals surface area contributed by atoms with Crippen LogP contribution in [-0.2, 0) is 0 Å². The Labute approximate surface area is 90.1 Å². The molecule has 0 spiro atoms. The first kappa shape index (κ1) is 10.3. The van der Waals surface area contributed by atoms with E-state index in [9.17, 15) is 14.9 Å². The van der Waals surface area contributed by atoms with Gasteiger partial charge in [-0.05, 0) is 19.4 Å². The van der Waals surface area contributed by atoms with Crippen LogP contribution >= 0.6 is 0 Å². The molecule has 0 fully saturated rings. The third-order valence-electron chi connectivity index (χ3n) is 2.52. The Morgan fingerprint density at radius 1 is 1.38 bits per heavy atom. The lowest BCUT2D eigenvalue weighted by atomic mass is 10.0. The minimum Gasteiger partial charge on any atom is -0.268 e. The Balaban J connectivity index is 2.95. The van der Waals surface area contributed by atoms with Crippen molar-refractivity contribution in [1.29, 1.82) is 0 Å². The van der Waals surface area contributed by atoms with E-state index in [0.29, 0.717) is 22.0 Å². The molecule has 16 heavy (non-hydrogen) atoms. The molecular weight excluding hydrogens is 210 g/mol. The van der Waals surface area contributed by atoms with Crippen molar-refractivity contribution in [2.75, 3.05) is 0 Å². The molecule has 82 valence electrons. The highest BCUT2D eigenvalue weighted by Crippen LogP contribution is 2.27. The SMILES string of the molecule is Cc1cc([N+](=O)[O-])c(C)c2n[nH]c(=O)cc12. The number of hydrogen-bond acceptors (Lipinski definition) is 4. The van der Waals surface area contributed by atoms with E-state index >= 15 is 0 Å². The van der Waals surface area contributed by atoms with Crippen molar-refractivity contribution in [2.24, 2.45) is 0 Å². The first-order valence-corrected chi connectivity index (χ1v) is 4.64. The molecule has 0 aliphatic carbocycles. The highest BCUT2D eigenvalue weighted by atomic mass is 16.6. The van der Waals surface area contributed by atoms with Crippen LogP contribution in [0, 0.1) is 24.0 Å². The zero-order valence-corrected chi connectivity index (χ0v) is 8.77. The van der Waals surface area contributed by atoms with Crippen molar-refractivity contribution in [2.45, 2.75) is 13.8 Å². The van der Waals surface area contributed by atoms with Gasteiger partial charge < -0.3 is 0 Å². The molecule has 2 aromatic rings. The molecule has 0 aliphatic rings. The maximum atomic E-state index is 11.1. The molecule has 1 N–H and O–H groups in total. The molecule has 6 nitrogen and oxygen atoms in total. The third-order valence-corrected chi connectivity index (χ3v) is 2.52. The van der Waals surface area contributed by atoms with Crippen LogP contribution in [0.4, 0.5) is 5.69 Å². The van der Waals surface area contributed by atoms with Crippen molar-refractivity contribution in [3.05, 3.63) is 43.7 Å². The number of hydrogen-bond donors (Lipinski definition) is 1. The molecule has 0 aliphatic heterocycles. The second-order valence-corrected chi connectivity index (χ2v) is 3.59. The van der Waals surface area contributed by atoms with E-state index in [0.717, 1.165) is 0 Å². The highest BCUT2D eigenvalue weighted by molar-refractivity contribution is 5.87. The monoisotopic (exact) mass is 219 g/mol. The van der Waals surface area contributed by atoms with Crippen molar-refractivity contribution in [1.82, 2.24) is 10.2 Å². The van der Waals surface area contributed by atoms with Crippen LogP contribution in [0.15, 0.2) is 16.9 Å². The van der Waals surface area contributed by atoms with Gasteiger partial charge >= 0.3 is 0 Å². The van der Waals surface area contributed by atoms with Gasteiger partial charge in [0.1, 0.15) is 5.52 Å². The normalized spacial score (nSPS) is 10.6. The first-order valence-electron chi connectivity index (χ1n) is 4.64. The zero-order chi connectivity index (χ0) is 11.9.